The fourth-order valence-electron chi connectivity index (χ4n) is 4.93. The molecule has 0 radical (unpaired) electrons. The highest BCUT2D eigenvalue weighted by Crippen LogP contribution is 2.42. The molecule has 254 valence electrons. The van der Waals surface area contributed by atoms with E-state index >= 15 is 0 Å². The average Bonchev–Trinajstić information content (AvgIpc) is 3.45. The molecule has 1 aromatic heterocycles. The van der Waals surface area contributed by atoms with E-state index in [-0.39, 0.29) is 33.5 Å². The topological polar surface area (TPSA) is 301 Å². The van der Waals surface area contributed by atoms with Crippen molar-refractivity contribution >= 4 is 57.4 Å². The zero-order valence-electron chi connectivity index (χ0n) is 23.5. The van der Waals surface area contributed by atoms with Crippen LogP contribution in [0.15, 0.2) is 46.8 Å². The second-order valence-corrected chi connectivity index (χ2v) is 13.7. The van der Waals surface area contributed by atoms with Crippen molar-refractivity contribution in [1.29, 1.82) is 0 Å². The smallest absolute Gasteiger partial charge is 0.352 e. The van der Waals surface area contributed by atoms with Crippen LogP contribution in [0.5, 0.6) is 0 Å². The molecule has 5 unspecified atom stereocenters. The monoisotopic (exact) mass is 718 g/mol. The number of ether oxygens (including phenoxy) is 2. The Morgan fingerprint density at radius 3 is 2.47 bits per heavy atom. The van der Waals surface area contributed by atoms with Gasteiger partial charge in [-0.1, -0.05) is 42.1 Å². The number of nitrogens with one attached hydrogen (secondary N) is 1. The number of thioether (sulfide) groups is 2. The molecule has 4 heterocycles. The maximum atomic E-state index is 13.6. The Morgan fingerprint density at radius 1 is 1.13 bits per heavy atom. The molecule has 2 aromatic rings. The number of hydrogen-bond acceptors (Lipinski definition) is 16. The van der Waals surface area contributed by atoms with E-state index in [1.807, 2.05) is 0 Å². The van der Waals surface area contributed by atoms with Crippen molar-refractivity contribution < 1.29 is 67.2 Å². The molecule has 0 saturated carbocycles. The number of carboxylic acids is 2. The molecule has 8 atom stereocenters. The molecule has 0 aliphatic carbocycles. The summed E-state index contributed by atoms with van der Waals surface area (Å²) in [4.78, 5) is 51.6. The predicted octanol–water partition coefficient (Wildman–Crippen LogP) is -3.00. The number of aliphatic carboxylic acids is 2. The Labute approximate surface area is 272 Å². The first-order chi connectivity index (χ1) is 22.2. The molecular weight excluding hydrogens is 692 g/mol. The number of β-lactam (4-membered cyclic amide) rings is 1. The van der Waals surface area contributed by atoms with Gasteiger partial charge in [0.05, 0.1) is 0 Å². The van der Waals surface area contributed by atoms with Crippen molar-refractivity contribution in [3.63, 3.8) is 0 Å². The summed E-state index contributed by atoms with van der Waals surface area (Å²) in [6, 6.07) is 6.42. The van der Waals surface area contributed by atoms with Crippen molar-refractivity contribution in [3.8, 4) is 0 Å². The molecule has 2 amide bonds. The van der Waals surface area contributed by atoms with Crippen LogP contribution in [0.2, 0.25) is 0 Å². The highest BCUT2D eigenvalue weighted by atomic mass is 32.2. The van der Waals surface area contributed by atoms with Crippen LogP contribution in [-0.4, -0.2) is 141 Å². The minimum absolute atomic E-state index is 0.0391. The Kier molecular flexibility index (Phi) is 10.2. The van der Waals surface area contributed by atoms with Gasteiger partial charge in [0.15, 0.2) is 24.4 Å². The minimum atomic E-state index is -4.48. The summed E-state index contributed by atoms with van der Waals surface area (Å²) >= 11 is 2.00. The highest BCUT2D eigenvalue weighted by molar-refractivity contribution is 8.01. The van der Waals surface area contributed by atoms with Crippen LogP contribution in [0, 0.1) is 0 Å². The molecule has 3 aliphatic rings. The third-order valence-electron chi connectivity index (χ3n) is 7.13. The Bertz CT molecular complexity index is 1690. The number of carbonyl (C=O) groups is 4. The second-order valence-electron chi connectivity index (χ2n) is 10.3. The number of rotatable bonds is 12. The maximum Gasteiger partial charge on any atom is 0.352 e. The van der Waals surface area contributed by atoms with Gasteiger partial charge in [-0.2, -0.15) is 8.42 Å². The third-order valence-corrected chi connectivity index (χ3v) is 10.1. The summed E-state index contributed by atoms with van der Waals surface area (Å²) in [5, 5.41) is 62.0. The van der Waals surface area contributed by atoms with Gasteiger partial charge in [-0.3, -0.25) is 19.0 Å². The molecular formula is C24H26N6O14S3. The van der Waals surface area contributed by atoms with E-state index in [4.69, 9.17) is 14.0 Å². The Morgan fingerprint density at radius 2 is 1.83 bits per heavy atom. The molecule has 20 nitrogen and oxygen atoms in total. The van der Waals surface area contributed by atoms with Gasteiger partial charge in [0.2, 0.25) is 5.16 Å². The number of aliphatic hydroxyl groups excluding tert-OH is 3. The normalized spacial score (nSPS) is 28.3. The first-order valence-electron chi connectivity index (χ1n) is 13.3. The molecule has 2 fully saturated rings. The lowest BCUT2D eigenvalue weighted by Gasteiger charge is -2.49. The van der Waals surface area contributed by atoms with Crippen LogP contribution < -0.4 is 5.32 Å². The van der Waals surface area contributed by atoms with Crippen LogP contribution in [0.25, 0.3) is 0 Å². The molecule has 23 heteroatoms. The van der Waals surface area contributed by atoms with E-state index in [0.29, 0.717) is 0 Å². The molecule has 47 heavy (non-hydrogen) atoms. The number of carboxylic acid groups (broad SMARTS) is 2. The van der Waals surface area contributed by atoms with Gasteiger partial charge in [-0.25, -0.2) is 14.3 Å². The molecule has 5 rings (SSSR count). The number of aromatic nitrogens is 4. The summed E-state index contributed by atoms with van der Waals surface area (Å²) in [6.07, 6.45) is -11.5. The molecule has 0 bridgehead atoms. The minimum Gasteiger partial charge on any atom is -0.479 e. The average molecular weight is 719 g/mol. The maximum absolute atomic E-state index is 13.6. The van der Waals surface area contributed by atoms with E-state index in [1.165, 1.54) is 12.1 Å². The van der Waals surface area contributed by atoms with Gasteiger partial charge in [-0.15, -0.1) is 16.9 Å². The van der Waals surface area contributed by atoms with Crippen molar-refractivity contribution in [2.75, 3.05) is 11.5 Å². The van der Waals surface area contributed by atoms with Crippen molar-refractivity contribution in [2.45, 2.75) is 59.3 Å². The number of tetrazole rings is 1. The summed E-state index contributed by atoms with van der Waals surface area (Å²) in [5.74, 6) is -5.75. The number of nitrogens with zero attached hydrogens (tertiary/aromatic N) is 5. The van der Waals surface area contributed by atoms with Crippen molar-refractivity contribution in [3.05, 3.63) is 47.2 Å². The van der Waals surface area contributed by atoms with E-state index in [9.17, 15) is 53.1 Å². The molecule has 2 saturated heterocycles. The van der Waals surface area contributed by atoms with E-state index in [0.717, 1.165) is 33.1 Å². The summed E-state index contributed by atoms with van der Waals surface area (Å²) in [5.41, 5.74) is 0.105. The zero-order chi connectivity index (χ0) is 34.2. The first kappa shape index (κ1) is 34.6. The fraction of sp³-hybridized carbons (Fsp3) is 0.458. The third kappa shape index (κ3) is 7.26. The van der Waals surface area contributed by atoms with Crippen LogP contribution in [0.1, 0.15) is 11.7 Å². The van der Waals surface area contributed by atoms with Gasteiger partial charge in [0, 0.05) is 11.5 Å². The van der Waals surface area contributed by atoms with Gasteiger partial charge >= 0.3 is 11.9 Å². The lowest BCUT2D eigenvalue weighted by molar-refractivity contribution is -0.302. The number of carbonyl (C=O) groups excluding carboxylic acids is 2. The molecule has 7 N–H and O–H groups in total. The molecule has 1 aromatic carbocycles. The summed E-state index contributed by atoms with van der Waals surface area (Å²) < 4.78 is 43.2. The van der Waals surface area contributed by atoms with Crippen LogP contribution in [-0.2, 0) is 44.6 Å². The largest absolute Gasteiger partial charge is 0.479 e. The first-order valence-corrected chi connectivity index (χ1v) is 17.0. The fourth-order valence-corrected chi connectivity index (χ4v) is 7.85. The highest BCUT2D eigenvalue weighted by Gasteiger charge is 2.55. The van der Waals surface area contributed by atoms with E-state index < -0.39 is 88.0 Å². The van der Waals surface area contributed by atoms with Crippen molar-refractivity contribution in [1.82, 2.24) is 30.4 Å². The summed E-state index contributed by atoms with van der Waals surface area (Å²) in [7, 11) is -4.48. The summed E-state index contributed by atoms with van der Waals surface area (Å²) in [6.45, 7) is 0. The number of aliphatic hydroxyl groups is 3. The van der Waals surface area contributed by atoms with Crippen LogP contribution in [0.3, 0.4) is 0 Å². The van der Waals surface area contributed by atoms with Crippen LogP contribution in [0.4, 0.5) is 0 Å². The standard InChI is InChI=1S/C24H26N6O14S3/c31-13-14(32)17(22(38)39)44-23(15(13)33)43-16(9-4-2-1-3-5-9)18(34)25-11-19(35)30-12(21(36)37)10(6-45-20(11)30)7-46-24-26-27-28-29(24)8-47(40,41)42/h1-5,11,13-17,20,23,31-33H,6-8H2,(H,25,34)(H,36,37)(H,38,39)(H,40,41,42)/t11-,13?,14?,15?,16-,17?,20-,23?/m1/s1. The number of fused-ring (bicyclic) bond motifs is 1. The van der Waals surface area contributed by atoms with E-state index in [2.05, 4.69) is 20.8 Å². The van der Waals surface area contributed by atoms with Crippen molar-refractivity contribution in [2.24, 2.45) is 0 Å². The lowest BCUT2D eigenvalue weighted by atomic mass is 9.98. The van der Waals surface area contributed by atoms with Gasteiger partial charge in [-0.05, 0) is 21.6 Å². The van der Waals surface area contributed by atoms with Gasteiger partial charge in [0.1, 0.15) is 35.4 Å². The quantitative estimate of drug-likeness (QED) is 0.0653. The Balaban J connectivity index is 1.31. The Hall–Kier alpha value is -3.68. The van der Waals surface area contributed by atoms with Gasteiger partial charge < -0.3 is 40.3 Å². The predicted molar refractivity (Wildman–Crippen MR) is 154 cm³/mol. The van der Waals surface area contributed by atoms with Gasteiger partial charge in [0.25, 0.3) is 21.9 Å². The number of hydrogen-bond donors (Lipinski definition) is 7. The lowest BCUT2D eigenvalue weighted by Crippen LogP contribution is -2.71. The molecule has 3 aliphatic heterocycles. The number of amides is 2. The molecule has 0 spiro atoms. The SMILES string of the molecule is O=C(O)C1=C(CSc2nnnn2CS(=O)(=O)O)CS[C@@H]2[C@H](NC(=O)[C@H](OC3OC(C(=O)O)C(O)C(O)C3O)c3ccccc3)C(=O)N12. The second kappa shape index (κ2) is 13.8. The number of benzene rings is 1. The van der Waals surface area contributed by atoms with Crippen LogP contribution >= 0.6 is 23.5 Å². The van der Waals surface area contributed by atoms with E-state index in [1.54, 1.807) is 18.2 Å². The zero-order valence-corrected chi connectivity index (χ0v) is 26.0.